The van der Waals surface area contributed by atoms with Gasteiger partial charge in [-0.3, -0.25) is 13.9 Å². The number of sulfonamides is 1. The fourth-order valence-electron chi connectivity index (χ4n) is 4.13. The maximum Gasteiger partial charge on any atom is 0.264 e. The second-order valence-corrected chi connectivity index (χ2v) is 10.5. The Morgan fingerprint density at radius 1 is 0.971 bits per heavy atom. The molecular formula is C27H29N3O4S. The number of rotatable bonds is 9. The lowest BCUT2D eigenvalue weighted by molar-refractivity contribution is -0.128. The number of carbonyl (C=O) groups is 2. The third-order valence-electron chi connectivity index (χ3n) is 5.93. The monoisotopic (exact) mass is 491 g/mol. The molecule has 35 heavy (non-hydrogen) atoms. The molecule has 2 amide bonds. The second kappa shape index (κ2) is 10.7. The van der Waals surface area contributed by atoms with Gasteiger partial charge in [0.25, 0.3) is 10.0 Å². The van der Waals surface area contributed by atoms with Crippen LogP contribution in [0.1, 0.15) is 29.5 Å². The largest absolute Gasteiger partial charge is 0.350 e. The minimum Gasteiger partial charge on any atom is -0.350 e. The van der Waals surface area contributed by atoms with Gasteiger partial charge in [0.2, 0.25) is 11.8 Å². The highest BCUT2D eigenvalue weighted by Gasteiger charge is 2.27. The van der Waals surface area contributed by atoms with Gasteiger partial charge in [0.15, 0.2) is 0 Å². The second-order valence-electron chi connectivity index (χ2n) is 8.68. The lowest BCUT2D eigenvalue weighted by Gasteiger charge is -2.24. The highest BCUT2D eigenvalue weighted by Crippen LogP contribution is 2.24. The van der Waals surface area contributed by atoms with Crippen molar-refractivity contribution in [3.05, 3.63) is 95.6 Å². The predicted octanol–water partition coefficient (Wildman–Crippen LogP) is 3.63. The maximum absolute atomic E-state index is 13.4. The van der Waals surface area contributed by atoms with E-state index in [1.807, 2.05) is 42.2 Å². The number of amides is 2. The summed E-state index contributed by atoms with van der Waals surface area (Å²) in [6.07, 6.45) is 1.48. The molecule has 7 nitrogen and oxygen atoms in total. The number of aryl methyl sites for hydroxylation is 1. The first-order chi connectivity index (χ1) is 16.8. The first-order valence-electron chi connectivity index (χ1n) is 11.6. The molecule has 1 fully saturated rings. The van der Waals surface area contributed by atoms with Gasteiger partial charge in [-0.15, -0.1) is 0 Å². The fourth-order valence-corrected chi connectivity index (χ4v) is 5.57. The van der Waals surface area contributed by atoms with E-state index in [-0.39, 0.29) is 23.9 Å². The molecule has 8 heteroatoms. The molecule has 0 spiro atoms. The van der Waals surface area contributed by atoms with Gasteiger partial charge in [0.05, 0.1) is 10.6 Å². The molecular weight excluding hydrogens is 462 g/mol. The smallest absolute Gasteiger partial charge is 0.264 e. The zero-order valence-electron chi connectivity index (χ0n) is 19.7. The fraction of sp³-hybridized carbons (Fsp3) is 0.259. The molecule has 0 radical (unpaired) electrons. The zero-order chi connectivity index (χ0) is 24.8. The van der Waals surface area contributed by atoms with Crippen molar-refractivity contribution < 1.29 is 18.0 Å². The van der Waals surface area contributed by atoms with Crippen LogP contribution in [0.15, 0.2) is 83.8 Å². The van der Waals surface area contributed by atoms with Crippen molar-refractivity contribution in [1.29, 1.82) is 0 Å². The number of anilines is 1. The molecule has 3 aromatic carbocycles. The van der Waals surface area contributed by atoms with Gasteiger partial charge >= 0.3 is 0 Å². The summed E-state index contributed by atoms with van der Waals surface area (Å²) >= 11 is 0. The zero-order valence-corrected chi connectivity index (χ0v) is 20.5. The average Bonchev–Trinajstić information content (AvgIpc) is 3.26. The predicted molar refractivity (Wildman–Crippen MR) is 135 cm³/mol. The van der Waals surface area contributed by atoms with E-state index in [9.17, 15) is 18.0 Å². The highest BCUT2D eigenvalue weighted by atomic mass is 32.2. The number of nitrogens with one attached hydrogen (secondary N) is 1. The Kier molecular flexibility index (Phi) is 7.51. The number of carbonyl (C=O) groups excluding carboxylic acids is 2. The Bertz CT molecular complexity index is 1310. The summed E-state index contributed by atoms with van der Waals surface area (Å²) in [6, 6.07) is 22.9. The topological polar surface area (TPSA) is 86.8 Å². The third-order valence-corrected chi connectivity index (χ3v) is 7.72. The van der Waals surface area contributed by atoms with E-state index in [4.69, 9.17) is 0 Å². The Morgan fingerprint density at radius 2 is 1.71 bits per heavy atom. The van der Waals surface area contributed by atoms with Gasteiger partial charge in [0, 0.05) is 26.1 Å². The number of hydrogen-bond acceptors (Lipinski definition) is 4. The number of nitrogens with zero attached hydrogens (tertiary/aromatic N) is 2. The number of benzene rings is 3. The Morgan fingerprint density at radius 3 is 2.43 bits per heavy atom. The lowest BCUT2D eigenvalue weighted by atomic mass is 10.1. The van der Waals surface area contributed by atoms with E-state index in [1.165, 1.54) is 12.1 Å². The van der Waals surface area contributed by atoms with Crippen LogP contribution in [0.3, 0.4) is 0 Å². The maximum atomic E-state index is 13.4. The molecule has 0 unspecified atom stereocenters. The SMILES string of the molecule is Cc1cccc(N(CC(=O)NCc2cccc(CN3CCCC3=O)c2)S(=O)(=O)c2ccccc2)c1. The van der Waals surface area contributed by atoms with Crippen LogP contribution in [0.4, 0.5) is 5.69 Å². The van der Waals surface area contributed by atoms with Crippen molar-refractivity contribution >= 4 is 27.5 Å². The van der Waals surface area contributed by atoms with Crippen molar-refractivity contribution in [2.24, 2.45) is 0 Å². The molecule has 0 aliphatic carbocycles. The quantitative estimate of drug-likeness (QED) is 0.495. The van der Waals surface area contributed by atoms with E-state index in [2.05, 4.69) is 5.32 Å². The van der Waals surface area contributed by atoms with Crippen LogP contribution in [0, 0.1) is 6.92 Å². The summed E-state index contributed by atoms with van der Waals surface area (Å²) in [5.41, 5.74) is 3.21. The molecule has 3 aromatic rings. The van der Waals surface area contributed by atoms with E-state index in [1.54, 1.807) is 36.4 Å². The van der Waals surface area contributed by atoms with Crippen molar-refractivity contribution in [3.8, 4) is 0 Å². The highest BCUT2D eigenvalue weighted by molar-refractivity contribution is 7.92. The molecule has 1 heterocycles. The summed E-state index contributed by atoms with van der Waals surface area (Å²) in [4.78, 5) is 26.8. The van der Waals surface area contributed by atoms with Gasteiger partial charge in [-0.05, 0) is 54.3 Å². The molecule has 4 rings (SSSR count). The minimum atomic E-state index is -3.94. The standard InChI is InChI=1S/C27H29N3O4S/c1-21-8-5-11-24(16-21)30(35(33,34)25-12-3-2-4-13-25)20-26(31)28-18-22-9-6-10-23(17-22)19-29-15-7-14-27(29)32/h2-6,8-13,16-17H,7,14-15,18-20H2,1H3,(H,28,31). The molecule has 1 saturated heterocycles. The van der Waals surface area contributed by atoms with Crippen molar-refractivity contribution in [2.45, 2.75) is 37.8 Å². The first-order valence-corrected chi connectivity index (χ1v) is 13.0. The number of hydrogen-bond donors (Lipinski definition) is 1. The first kappa shape index (κ1) is 24.5. The molecule has 1 aliphatic heterocycles. The summed E-state index contributed by atoms with van der Waals surface area (Å²) < 4.78 is 27.9. The van der Waals surface area contributed by atoms with Crippen molar-refractivity contribution in [1.82, 2.24) is 10.2 Å². The van der Waals surface area contributed by atoms with E-state index < -0.39 is 15.9 Å². The summed E-state index contributed by atoms with van der Waals surface area (Å²) in [6.45, 7) is 3.11. The summed E-state index contributed by atoms with van der Waals surface area (Å²) in [5.74, 6) is -0.245. The molecule has 0 saturated carbocycles. The van der Waals surface area contributed by atoms with Crippen molar-refractivity contribution in [3.63, 3.8) is 0 Å². The molecule has 0 aromatic heterocycles. The van der Waals surface area contributed by atoms with E-state index in [0.717, 1.165) is 34.0 Å². The molecule has 182 valence electrons. The van der Waals surface area contributed by atoms with Gasteiger partial charge in [-0.2, -0.15) is 0 Å². The van der Waals surface area contributed by atoms with Crippen LogP contribution >= 0.6 is 0 Å². The molecule has 0 bridgehead atoms. The van der Waals surface area contributed by atoms with Crippen LogP contribution < -0.4 is 9.62 Å². The van der Waals surface area contributed by atoms with Crippen LogP contribution in [0.2, 0.25) is 0 Å². The van der Waals surface area contributed by atoms with E-state index in [0.29, 0.717) is 18.7 Å². The van der Waals surface area contributed by atoms with Gasteiger partial charge in [-0.1, -0.05) is 54.6 Å². The summed E-state index contributed by atoms with van der Waals surface area (Å²) in [7, 11) is -3.94. The molecule has 1 aliphatic rings. The third kappa shape index (κ3) is 6.08. The van der Waals surface area contributed by atoms with Gasteiger partial charge in [-0.25, -0.2) is 8.42 Å². The summed E-state index contributed by atoms with van der Waals surface area (Å²) in [5, 5.41) is 2.84. The minimum absolute atomic E-state index is 0.124. The van der Waals surface area contributed by atoms with Crippen LogP contribution in [-0.2, 0) is 32.7 Å². The van der Waals surface area contributed by atoms with Crippen LogP contribution in [0.25, 0.3) is 0 Å². The Labute approximate surface area is 206 Å². The van der Waals surface area contributed by atoms with Crippen molar-refractivity contribution in [2.75, 3.05) is 17.4 Å². The lowest BCUT2D eigenvalue weighted by Crippen LogP contribution is -2.40. The Hall–Kier alpha value is -3.65. The average molecular weight is 492 g/mol. The van der Waals surface area contributed by atoms with Gasteiger partial charge in [0.1, 0.15) is 6.54 Å². The van der Waals surface area contributed by atoms with Gasteiger partial charge < -0.3 is 10.2 Å². The molecule has 0 atom stereocenters. The normalized spacial score (nSPS) is 13.6. The molecule has 1 N–H and O–H groups in total. The van der Waals surface area contributed by atoms with Crippen LogP contribution in [-0.4, -0.2) is 38.2 Å². The number of likely N-dealkylation sites (tertiary alicyclic amines) is 1. The van der Waals surface area contributed by atoms with E-state index >= 15 is 0 Å². The van der Waals surface area contributed by atoms with Crippen LogP contribution in [0.5, 0.6) is 0 Å². The Balaban J connectivity index is 1.47.